The van der Waals surface area contributed by atoms with Crippen molar-refractivity contribution in [3.8, 4) is 0 Å². The topological polar surface area (TPSA) is 114 Å². The Morgan fingerprint density at radius 2 is 1.13 bits per heavy atom. The summed E-state index contributed by atoms with van der Waals surface area (Å²) in [6.07, 6.45) is 0. The van der Waals surface area contributed by atoms with Crippen LogP contribution in [-0.2, 0) is 0 Å². The van der Waals surface area contributed by atoms with Crippen LogP contribution in [0.2, 0.25) is 0 Å². The summed E-state index contributed by atoms with van der Waals surface area (Å²) in [5.41, 5.74) is 26.3. The summed E-state index contributed by atoms with van der Waals surface area (Å²) in [5.74, 6) is 0. The first-order valence-corrected chi connectivity index (χ1v) is 5.48. The van der Waals surface area contributed by atoms with Gasteiger partial charge in [-0.3, -0.25) is 0 Å². The van der Waals surface area contributed by atoms with Crippen LogP contribution < -0.4 is 33.5 Å². The van der Waals surface area contributed by atoms with Gasteiger partial charge in [0.2, 0.25) is 0 Å². The minimum Gasteiger partial charge on any atom is -0.329 e. The van der Waals surface area contributed by atoms with Gasteiger partial charge in [-0.05, 0) is 6.92 Å². The summed E-state index contributed by atoms with van der Waals surface area (Å²) in [6.45, 7) is 6.85. The van der Waals surface area contributed by atoms with Crippen LogP contribution in [0.25, 0.3) is 0 Å². The normalized spacial score (nSPS) is 12.0. The minimum absolute atomic E-state index is 0.394. The molecular formula is C8H26N7+. The highest BCUT2D eigenvalue weighted by molar-refractivity contribution is 4.40. The predicted octanol–water partition coefficient (Wildman–Crippen LogP) is -2.79. The molecule has 0 saturated carbocycles. The van der Waals surface area contributed by atoms with Crippen molar-refractivity contribution in [1.29, 1.82) is 0 Å². The molecule has 0 bridgehead atoms. The third kappa shape index (κ3) is 6.00. The molecule has 0 aliphatic carbocycles. The van der Waals surface area contributed by atoms with Crippen molar-refractivity contribution in [1.82, 2.24) is 16.3 Å². The maximum absolute atomic E-state index is 5.47. The van der Waals surface area contributed by atoms with Crippen LogP contribution in [0, 0.1) is 0 Å². The zero-order chi connectivity index (χ0) is 11.6. The number of quaternary nitrogens is 1. The average molecular weight is 220 g/mol. The average Bonchev–Trinajstić information content (AvgIpc) is 2.29. The minimum atomic E-state index is 0.394. The molecule has 0 aromatic rings. The second-order valence-corrected chi connectivity index (χ2v) is 3.22. The molecule has 0 aromatic carbocycles. The molecule has 0 unspecified atom stereocenters. The summed E-state index contributed by atoms with van der Waals surface area (Å²) in [6, 6.07) is 0. The third-order valence-corrected chi connectivity index (χ3v) is 2.05. The van der Waals surface area contributed by atoms with Crippen LogP contribution in [0.1, 0.15) is 6.92 Å². The lowest BCUT2D eigenvalue weighted by Crippen LogP contribution is -2.74. The van der Waals surface area contributed by atoms with E-state index in [1.54, 1.807) is 0 Å². The highest BCUT2D eigenvalue weighted by Gasteiger charge is 2.24. The summed E-state index contributed by atoms with van der Waals surface area (Å²) in [5, 5.41) is 0. The molecular weight excluding hydrogens is 194 g/mol. The van der Waals surface area contributed by atoms with E-state index in [2.05, 4.69) is 23.2 Å². The van der Waals surface area contributed by atoms with Crippen molar-refractivity contribution in [2.24, 2.45) is 17.2 Å². The highest BCUT2D eigenvalue weighted by Crippen LogP contribution is 1.89. The van der Waals surface area contributed by atoms with Gasteiger partial charge < -0.3 is 17.2 Å². The van der Waals surface area contributed by atoms with E-state index in [0.717, 1.165) is 26.2 Å². The fourth-order valence-electron chi connectivity index (χ4n) is 1.27. The molecule has 9 N–H and O–H groups in total. The molecule has 0 aliphatic heterocycles. The molecule has 92 valence electrons. The van der Waals surface area contributed by atoms with Crippen LogP contribution in [-0.4, -0.2) is 50.6 Å². The Bertz CT molecular complexity index is 119. The quantitative estimate of drug-likeness (QED) is 0.175. The van der Waals surface area contributed by atoms with E-state index in [0.29, 0.717) is 24.4 Å². The molecule has 0 aromatic heterocycles. The maximum atomic E-state index is 5.47. The first-order chi connectivity index (χ1) is 7.24. The number of hydrogen-bond donors (Lipinski definition) is 6. The summed E-state index contributed by atoms with van der Waals surface area (Å²) in [7, 11) is 0. The third-order valence-electron chi connectivity index (χ3n) is 2.05. The SMILES string of the molecule is CC[N+](NCCN)(NCCN)NCCN. The van der Waals surface area contributed by atoms with Gasteiger partial charge in [0.15, 0.2) is 0 Å². The van der Waals surface area contributed by atoms with Gasteiger partial charge in [0.05, 0.1) is 19.6 Å². The van der Waals surface area contributed by atoms with Gasteiger partial charge in [-0.1, -0.05) is 4.81 Å². The van der Waals surface area contributed by atoms with E-state index in [-0.39, 0.29) is 0 Å². The molecule has 0 saturated heterocycles. The van der Waals surface area contributed by atoms with E-state index < -0.39 is 0 Å². The Morgan fingerprint density at radius 3 is 1.33 bits per heavy atom. The molecule has 0 heterocycles. The molecule has 0 amide bonds. The lowest BCUT2D eigenvalue weighted by Gasteiger charge is -2.35. The molecule has 0 fully saturated rings. The second-order valence-electron chi connectivity index (χ2n) is 3.22. The molecule has 15 heavy (non-hydrogen) atoms. The summed E-state index contributed by atoms with van der Waals surface area (Å²) in [4.78, 5) is 0.394. The molecule has 7 nitrogen and oxygen atoms in total. The van der Waals surface area contributed by atoms with Crippen molar-refractivity contribution < 1.29 is 4.81 Å². The Kier molecular flexibility index (Phi) is 8.82. The van der Waals surface area contributed by atoms with Crippen LogP contribution in [0.15, 0.2) is 0 Å². The molecule has 0 radical (unpaired) electrons. The van der Waals surface area contributed by atoms with E-state index in [4.69, 9.17) is 17.2 Å². The number of hydrogen-bond acceptors (Lipinski definition) is 6. The number of rotatable bonds is 10. The molecule has 7 heteroatoms. The summed E-state index contributed by atoms with van der Waals surface area (Å²) < 4.78 is 0. The van der Waals surface area contributed by atoms with Gasteiger partial charge in [0, 0.05) is 19.6 Å². The monoisotopic (exact) mass is 220 g/mol. The smallest absolute Gasteiger partial charge is 0.132 e. The molecule has 0 atom stereocenters. The van der Waals surface area contributed by atoms with E-state index in [1.807, 2.05) is 0 Å². The number of nitrogens with one attached hydrogen (secondary N) is 3. The fourth-order valence-corrected chi connectivity index (χ4v) is 1.27. The predicted molar refractivity (Wildman–Crippen MR) is 62.0 cm³/mol. The zero-order valence-corrected chi connectivity index (χ0v) is 9.63. The summed E-state index contributed by atoms with van der Waals surface area (Å²) >= 11 is 0. The van der Waals surface area contributed by atoms with Gasteiger partial charge in [-0.2, -0.15) is 0 Å². The molecule has 0 rings (SSSR count). The van der Waals surface area contributed by atoms with Crippen molar-refractivity contribution >= 4 is 0 Å². The van der Waals surface area contributed by atoms with Crippen molar-refractivity contribution in [3.05, 3.63) is 0 Å². The van der Waals surface area contributed by atoms with Crippen LogP contribution in [0.4, 0.5) is 0 Å². The Balaban J connectivity index is 4.16. The standard InChI is InChI=1S/C8H26N7/c1-2-15(12-6-3-9,13-7-4-10)14-8-5-11/h12-14H,2-11H2,1H3/q+1. The number of nitrogens with two attached hydrogens (primary N) is 3. The zero-order valence-electron chi connectivity index (χ0n) is 9.63. The highest BCUT2D eigenvalue weighted by atomic mass is 16.0. The Hall–Kier alpha value is -0.280. The Morgan fingerprint density at radius 1 is 0.800 bits per heavy atom. The Labute approximate surface area is 91.8 Å². The molecule has 0 spiro atoms. The lowest BCUT2D eigenvalue weighted by molar-refractivity contribution is -1.05. The number of nitrogens with zero attached hydrogens (tertiary/aromatic N) is 1. The largest absolute Gasteiger partial charge is 0.329 e. The van der Waals surface area contributed by atoms with Gasteiger partial charge in [-0.15, -0.1) is 16.3 Å². The maximum Gasteiger partial charge on any atom is 0.132 e. The van der Waals surface area contributed by atoms with Crippen molar-refractivity contribution in [2.45, 2.75) is 6.92 Å². The first kappa shape index (κ1) is 14.7. The second kappa shape index (κ2) is 8.98. The van der Waals surface area contributed by atoms with Crippen molar-refractivity contribution in [2.75, 3.05) is 45.8 Å². The lowest BCUT2D eigenvalue weighted by atomic mass is 10.6. The van der Waals surface area contributed by atoms with Gasteiger partial charge >= 0.3 is 0 Å². The van der Waals surface area contributed by atoms with Gasteiger partial charge in [-0.25, -0.2) is 0 Å². The fraction of sp³-hybridized carbons (Fsp3) is 1.00. The van der Waals surface area contributed by atoms with Crippen LogP contribution in [0.3, 0.4) is 0 Å². The van der Waals surface area contributed by atoms with Crippen molar-refractivity contribution in [3.63, 3.8) is 0 Å². The van der Waals surface area contributed by atoms with E-state index in [1.165, 1.54) is 0 Å². The van der Waals surface area contributed by atoms with Gasteiger partial charge in [0.25, 0.3) is 0 Å². The first-order valence-electron chi connectivity index (χ1n) is 5.48. The van der Waals surface area contributed by atoms with Crippen LogP contribution in [0.5, 0.6) is 0 Å². The van der Waals surface area contributed by atoms with E-state index >= 15 is 0 Å². The van der Waals surface area contributed by atoms with Gasteiger partial charge in [0.1, 0.15) is 6.54 Å². The van der Waals surface area contributed by atoms with E-state index in [9.17, 15) is 0 Å². The van der Waals surface area contributed by atoms with Crippen LogP contribution >= 0.6 is 0 Å². The molecule has 0 aliphatic rings.